The molecule has 2 fully saturated rings. The molecule has 0 spiro atoms. The summed E-state index contributed by atoms with van der Waals surface area (Å²) in [6.07, 6.45) is 3.99. The Hall–Kier alpha value is -2.21. The number of hydrogen-bond donors (Lipinski definition) is 1. The van der Waals surface area contributed by atoms with Crippen LogP contribution in [0.4, 0.5) is 11.4 Å². The summed E-state index contributed by atoms with van der Waals surface area (Å²) in [5.41, 5.74) is 8.02. The zero-order chi connectivity index (χ0) is 15.3. The Morgan fingerprint density at radius 2 is 2.14 bits per heavy atom. The van der Waals surface area contributed by atoms with Crippen molar-refractivity contribution in [2.24, 2.45) is 17.6 Å². The average molecular weight is 298 g/mol. The molecule has 0 bridgehead atoms. The lowest BCUT2D eigenvalue weighted by atomic mass is 9.98. The van der Waals surface area contributed by atoms with Gasteiger partial charge in [0.15, 0.2) is 0 Å². The summed E-state index contributed by atoms with van der Waals surface area (Å²) in [6.45, 7) is 1.90. The quantitative estimate of drug-likeness (QED) is 0.679. The van der Waals surface area contributed by atoms with E-state index >= 15 is 0 Å². The molecule has 3 atom stereocenters. The number of hydrogen-bond acceptors (Lipinski definition) is 5. The van der Waals surface area contributed by atoms with E-state index in [1.54, 1.807) is 24.4 Å². The molecule has 0 radical (unpaired) electrons. The summed E-state index contributed by atoms with van der Waals surface area (Å²) in [6, 6.07) is 7.22. The van der Waals surface area contributed by atoms with Crippen LogP contribution in [0, 0.1) is 22.0 Å². The van der Waals surface area contributed by atoms with Crippen molar-refractivity contribution in [2.45, 2.75) is 18.9 Å². The van der Waals surface area contributed by atoms with Gasteiger partial charge in [0.05, 0.1) is 16.0 Å². The zero-order valence-corrected chi connectivity index (χ0v) is 12.2. The molecule has 1 aromatic carbocycles. The first kappa shape index (κ1) is 13.5. The van der Waals surface area contributed by atoms with Crippen LogP contribution in [0.2, 0.25) is 0 Å². The van der Waals surface area contributed by atoms with E-state index in [0.29, 0.717) is 22.7 Å². The Balaban J connectivity index is 1.77. The van der Waals surface area contributed by atoms with Gasteiger partial charge in [0.25, 0.3) is 5.69 Å². The van der Waals surface area contributed by atoms with Gasteiger partial charge in [-0.05, 0) is 42.9 Å². The molecule has 114 valence electrons. The van der Waals surface area contributed by atoms with E-state index < -0.39 is 0 Å². The smallest absolute Gasteiger partial charge is 0.278 e. The number of rotatable bonds is 2. The van der Waals surface area contributed by atoms with Crippen LogP contribution in [0.1, 0.15) is 12.8 Å². The fraction of sp³-hybridized carbons (Fsp3) is 0.438. The average Bonchev–Trinajstić information content (AvgIpc) is 3.08. The Bertz CT molecular complexity index is 748. The van der Waals surface area contributed by atoms with Crippen molar-refractivity contribution in [3.8, 4) is 0 Å². The van der Waals surface area contributed by atoms with Gasteiger partial charge in [-0.3, -0.25) is 15.1 Å². The van der Waals surface area contributed by atoms with Gasteiger partial charge < -0.3 is 10.6 Å². The third-order valence-electron chi connectivity index (χ3n) is 5.18. The predicted molar refractivity (Wildman–Crippen MR) is 84.8 cm³/mol. The molecule has 1 aromatic heterocycles. The number of pyridine rings is 1. The van der Waals surface area contributed by atoms with Crippen LogP contribution >= 0.6 is 0 Å². The molecule has 2 aliphatic rings. The Labute approximate surface area is 128 Å². The summed E-state index contributed by atoms with van der Waals surface area (Å²) in [4.78, 5) is 17.6. The number of aromatic nitrogens is 1. The van der Waals surface area contributed by atoms with Crippen molar-refractivity contribution in [1.82, 2.24) is 4.98 Å². The Morgan fingerprint density at radius 1 is 1.27 bits per heavy atom. The molecule has 1 saturated carbocycles. The van der Waals surface area contributed by atoms with Crippen LogP contribution in [0.5, 0.6) is 0 Å². The number of nitrogens with two attached hydrogens (primary N) is 1. The van der Waals surface area contributed by atoms with Crippen LogP contribution in [0.3, 0.4) is 0 Å². The molecular weight excluding hydrogens is 280 g/mol. The topological polar surface area (TPSA) is 85.3 Å². The maximum atomic E-state index is 11.2. The Kier molecular flexibility index (Phi) is 3.00. The molecule has 0 amide bonds. The SMILES string of the molecule is NC1CCC2CN(c3ccc([N+](=O)[O-])c4cccnc34)CC12. The van der Waals surface area contributed by atoms with Gasteiger partial charge in [-0.2, -0.15) is 0 Å². The lowest BCUT2D eigenvalue weighted by molar-refractivity contribution is -0.383. The number of nitrogens with zero attached hydrogens (tertiary/aromatic N) is 3. The number of non-ortho nitro benzene ring substituents is 1. The van der Waals surface area contributed by atoms with Gasteiger partial charge in [-0.25, -0.2) is 0 Å². The van der Waals surface area contributed by atoms with E-state index in [9.17, 15) is 10.1 Å². The molecule has 2 N–H and O–H groups in total. The minimum Gasteiger partial charge on any atom is -0.369 e. The first-order valence-corrected chi connectivity index (χ1v) is 7.68. The molecule has 1 saturated heterocycles. The number of anilines is 1. The number of nitro groups is 1. The van der Waals surface area contributed by atoms with E-state index in [2.05, 4.69) is 9.88 Å². The normalized spacial score (nSPS) is 27.3. The minimum absolute atomic E-state index is 0.114. The number of nitro benzene ring substituents is 1. The minimum atomic E-state index is -0.345. The van der Waals surface area contributed by atoms with E-state index in [-0.39, 0.29) is 16.7 Å². The largest absolute Gasteiger partial charge is 0.369 e. The summed E-state index contributed by atoms with van der Waals surface area (Å²) in [7, 11) is 0. The monoisotopic (exact) mass is 298 g/mol. The molecule has 4 rings (SSSR count). The summed E-state index contributed by atoms with van der Waals surface area (Å²) >= 11 is 0. The molecule has 6 heteroatoms. The molecule has 22 heavy (non-hydrogen) atoms. The molecule has 3 unspecified atom stereocenters. The highest BCUT2D eigenvalue weighted by Gasteiger charge is 2.41. The van der Waals surface area contributed by atoms with Crippen LogP contribution in [0.15, 0.2) is 30.5 Å². The summed E-state index contributed by atoms with van der Waals surface area (Å²) in [5.74, 6) is 1.18. The summed E-state index contributed by atoms with van der Waals surface area (Å²) in [5, 5.41) is 11.8. The van der Waals surface area contributed by atoms with Crippen molar-refractivity contribution in [2.75, 3.05) is 18.0 Å². The predicted octanol–water partition coefficient (Wildman–Crippen LogP) is 2.32. The fourth-order valence-electron chi connectivity index (χ4n) is 4.06. The molecule has 1 aliphatic heterocycles. The van der Waals surface area contributed by atoms with E-state index in [0.717, 1.165) is 25.2 Å². The molecule has 1 aliphatic carbocycles. The second kappa shape index (κ2) is 4.91. The number of fused-ring (bicyclic) bond motifs is 2. The van der Waals surface area contributed by atoms with E-state index in [4.69, 9.17) is 5.73 Å². The highest BCUT2D eigenvalue weighted by atomic mass is 16.6. The maximum absolute atomic E-state index is 11.2. The molecule has 2 aromatic rings. The molecule has 2 heterocycles. The standard InChI is InChI=1S/C16H18N4O2/c17-13-4-3-10-8-19(9-12(10)13)15-6-5-14(20(21)22)11-2-1-7-18-16(11)15/h1-2,5-7,10,12-13H,3-4,8-9,17H2. The van der Waals surface area contributed by atoms with Gasteiger partial charge >= 0.3 is 0 Å². The first-order valence-electron chi connectivity index (χ1n) is 7.68. The van der Waals surface area contributed by atoms with Gasteiger partial charge in [0, 0.05) is 31.4 Å². The lowest BCUT2D eigenvalue weighted by Crippen LogP contribution is -2.30. The van der Waals surface area contributed by atoms with Gasteiger partial charge in [-0.15, -0.1) is 0 Å². The van der Waals surface area contributed by atoms with Crippen LogP contribution < -0.4 is 10.6 Å². The van der Waals surface area contributed by atoms with Crippen LogP contribution in [-0.4, -0.2) is 29.0 Å². The molecule has 6 nitrogen and oxygen atoms in total. The van der Waals surface area contributed by atoms with Crippen molar-refractivity contribution < 1.29 is 4.92 Å². The lowest BCUT2D eigenvalue weighted by Gasteiger charge is -2.22. The van der Waals surface area contributed by atoms with E-state index in [1.165, 1.54) is 6.42 Å². The first-order chi connectivity index (χ1) is 10.6. The van der Waals surface area contributed by atoms with E-state index in [1.807, 2.05) is 6.07 Å². The Morgan fingerprint density at radius 3 is 2.91 bits per heavy atom. The number of benzene rings is 1. The van der Waals surface area contributed by atoms with Crippen LogP contribution in [0.25, 0.3) is 10.9 Å². The second-order valence-corrected chi connectivity index (χ2v) is 6.33. The maximum Gasteiger partial charge on any atom is 0.278 e. The zero-order valence-electron chi connectivity index (χ0n) is 12.2. The highest BCUT2D eigenvalue weighted by Crippen LogP contribution is 2.41. The van der Waals surface area contributed by atoms with Crippen molar-refractivity contribution in [3.05, 3.63) is 40.6 Å². The molecular formula is C16H18N4O2. The van der Waals surface area contributed by atoms with Crippen molar-refractivity contribution in [3.63, 3.8) is 0 Å². The van der Waals surface area contributed by atoms with Crippen LogP contribution in [-0.2, 0) is 0 Å². The fourth-order valence-corrected chi connectivity index (χ4v) is 4.06. The van der Waals surface area contributed by atoms with Gasteiger partial charge in [0.1, 0.15) is 5.52 Å². The van der Waals surface area contributed by atoms with Crippen molar-refractivity contribution >= 4 is 22.3 Å². The highest BCUT2D eigenvalue weighted by molar-refractivity contribution is 5.97. The van der Waals surface area contributed by atoms with Crippen molar-refractivity contribution in [1.29, 1.82) is 0 Å². The third kappa shape index (κ3) is 1.94. The van der Waals surface area contributed by atoms with Gasteiger partial charge in [-0.1, -0.05) is 0 Å². The second-order valence-electron chi connectivity index (χ2n) is 6.33. The third-order valence-corrected chi connectivity index (χ3v) is 5.18. The summed E-state index contributed by atoms with van der Waals surface area (Å²) < 4.78 is 0. The van der Waals surface area contributed by atoms with Gasteiger partial charge in [0.2, 0.25) is 0 Å².